The Labute approximate surface area is 181 Å². The molecular weight excluding hydrogens is 436 g/mol. The quantitative estimate of drug-likeness (QED) is 0.217. The summed E-state index contributed by atoms with van der Waals surface area (Å²) in [6.45, 7) is 0.0749. The average molecular weight is 452 g/mol. The monoisotopic (exact) mass is 452 g/mol. The minimum absolute atomic E-state index is 0.00552. The topological polar surface area (TPSA) is 163 Å². The van der Waals surface area contributed by atoms with E-state index in [1.165, 1.54) is 36.4 Å². The molecule has 0 aliphatic heterocycles. The van der Waals surface area contributed by atoms with E-state index >= 15 is 0 Å². The molecule has 0 atom stereocenters. The van der Waals surface area contributed by atoms with Gasteiger partial charge in [0.15, 0.2) is 11.4 Å². The Morgan fingerprint density at radius 3 is 2.59 bits per heavy atom. The van der Waals surface area contributed by atoms with Crippen molar-refractivity contribution >= 4 is 38.0 Å². The first kappa shape index (κ1) is 21.1. The fourth-order valence-corrected chi connectivity index (χ4v) is 4.02. The number of benzene rings is 2. The lowest BCUT2D eigenvalue weighted by Crippen LogP contribution is -2.23. The molecule has 0 saturated carbocycles. The number of fused-ring (bicyclic) bond motifs is 1. The molecule has 4 aromatic rings. The summed E-state index contributed by atoms with van der Waals surface area (Å²) in [4.78, 5) is 17.1. The van der Waals surface area contributed by atoms with Crippen LogP contribution in [0.5, 0.6) is 5.88 Å². The Balaban J connectivity index is 1.68. The molecule has 0 aliphatic rings. The number of nitrogens with zero attached hydrogens (tertiary/aromatic N) is 4. The molecule has 3 N–H and O–H groups in total. The molecule has 162 valence electrons. The van der Waals surface area contributed by atoms with E-state index in [0.717, 1.165) is 5.56 Å². The first-order valence-electron chi connectivity index (χ1n) is 9.23. The predicted molar refractivity (Wildman–Crippen MR) is 115 cm³/mol. The van der Waals surface area contributed by atoms with Crippen molar-refractivity contribution < 1.29 is 18.4 Å². The molecule has 11 nitrogen and oxygen atoms in total. The van der Waals surface area contributed by atoms with Gasteiger partial charge in [-0.2, -0.15) is 0 Å². The molecule has 0 amide bonds. The smallest absolute Gasteiger partial charge is 0.296 e. The standard InChI is InChI=1S/C20H16N6O5S/c27-20-19(25-24-17-3-1-2-4-18(17)26(28)29)15-11-14(5-6-16(15)23-20)32(30,31)22-12-13-7-9-21-10-8-13/h1-11,22-23,27H,12H2. The van der Waals surface area contributed by atoms with Crippen molar-refractivity contribution in [1.29, 1.82) is 0 Å². The lowest BCUT2D eigenvalue weighted by atomic mass is 10.2. The first-order chi connectivity index (χ1) is 15.3. The molecule has 0 bridgehead atoms. The SMILES string of the molecule is O=[N+]([O-])c1ccccc1N=Nc1c(O)[nH]c2ccc(S(=O)(=O)NCc3ccncc3)cc12. The predicted octanol–water partition coefficient (Wildman–Crippen LogP) is 4.07. The van der Waals surface area contributed by atoms with Crippen LogP contribution in [0.25, 0.3) is 10.9 Å². The van der Waals surface area contributed by atoms with Crippen molar-refractivity contribution in [3.8, 4) is 5.88 Å². The summed E-state index contributed by atoms with van der Waals surface area (Å²) in [6.07, 6.45) is 3.12. The maximum Gasteiger partial charge on any atom is 0.296 e. The molecule has 0 spiro atoms. The molecule has 0 fully saturated rings. The fraction of sp³-hybridized carbons (Fsp3) is 0.0500. The van der Waals surface area contributed by atoms with Crippen molar-refractivity contribution in [2.24, 2.45) is 10.2 Å². The van der Waals surface area contributed by atoms with E-state index in [9.17, 15) is 23.6 Å². The molecule has 4 rings (SSSR count). The summed E-state index contributed by atoms with van der Waals surface area (Å²) in [7, 11) is -3.87. The minimum Gasteiger partial charge on any atom is -0.493 e. The molecule has 0 radical (unpaired) electrons. The van der Waals surface area contributed by atoms with Gasteiger partial charge in [0.25, 0.3) is 5.69 Å². The summed E-state index contributed by atoms with van der Waals surface area (Å²) >= 11 is 0. The molecule has 0 saturated heterocycles. The van der Waals surface area contributed by atoms with Crippen LogP contribution >= 0.6 is 0 Å². The number of nitrogens with one attached hydrogen (secondary N) is 2. The largest absolute Gasteiger partial charge is 0.493 e. The van der Waals surface area contributed by atoms with Gasteiger partial charge in [-0.1, -0.05) is 12.1 Å². The van der Waals surface area contributed by atoms with Crippen LogP contribution in [0, 0.1) is 10.1 Å². The zero-order valence-electron chi connectivity index (χ0n) is 16.3. The van der Waals surface area contributed by atoms with Crippen LogP contribution in [-0.2, 0) is 16.6 Å². The maximum atomic E-state index is 12.7. The summed E-state index contributed by atoms with van der Waals surface area (Å²) in [5.41, 5.74) is 0.868. The third-order valence-electron chi connectivity index (χ3n) is 4.59. The summed E-state index contributed by atoms with van der Waals surface area (Å²) < 4.78 is 28.0. The summed E-state index contributed by atoms with van der Waals surface area (Å²) in [5, 5.41) is 29.5. The lowest BCUT2D eigenvalue weighted by Gasteiger charge is -2.07. The Morgan fingerprint density at radius 2 is 1.84 bits per heavy atom. The number of aromatic nitrogens is 2. The van der Waals surface area contributed by atoms with Gasteiger partial charge >= 0.3 is 0 Å². The van der Waals surface area contributed by atoms with E-state index < -0.39 is 14.9 Å². The first-order valence-corrected chi connectivity index (χ1v) is 10.7. The van der Waals surface area contributed by atoms with Gasteiger partial charge in [0, 0.05) is 30.4 Å². The molecule has 2 heterocycles. The molecular formula is C20H16N6O5S. The summed E-state index contributed by atoms with van der Waals surface area (Å²) in [6, 6.07) is 13.3. The van der Waals surface area contributed by atoms with Gasteiger partial charge in [-0.15, -0.1) is 10.2 Å². The van der Waals surface area contributed by atoms with Gasteiger partial charge in [0.1, 0.15) is 0 Å². The van der Waals surface area contributed by atoms with Crippen LogP contribution < -0.4 is 4.72 Å². The number of aromatic hydroxyl groups is 1. The van der Waals surface area contributed by atoms with E-state index in [4.69, 9.17) is 0 Å². The summed E-state index contributed by atoms with van der Waals surface area (Å²) in [5.74, 6) is -0.346. The lowest BCUT2D eigenvalue weighted by molar-refractivity contribution is -0.384. The number of nitro groups is 1. The van der Waals surface area contributed by atoms with Gasteiger partial charge < -0.3 is 10.1 Å². The third-order valence-corrected chi connectivity index (χ3v) is 5.98. The average Bonchev–Trinajstić information content (AvgIpc) is 3.11. The van der Waals surface area contributed by atoms with Crippen LogP contribution in [-0.4, -0.2) is 28.4 Å². The minimum atomic E-state index is -3.87. The van der Waals surface area contributed by atoms with Crippen LogP contribution in [0.2, 0.25) is 0 Å². The van der Waals surface area contributed by atoms with Gasteiger partial charge in [-0.25, -0.2) is 13.1 Å². The van der Waals surface area contributed by atoms with Gasteiger partial charge in [-0.3, -0.25) is 15.1 Å². The number of hydrogen-bond acceptors (Lipinski definition) is 8. The second-order valence-electron chi connectivity index (χ2n) is 6.66. The maximum absolute atomic E-state index is 12.7. The highest BCUT2D eigenvalue weighted by Gasteiger charge is 2.19. The van der Waals surface area contributed by atoms with Crippen molar-refractivity contribution in [2.75, 3.05) is 0 Å². The normalized spacial score (nSPS) is 11.9. The molecule has 12 heteroatoms. The Kier molecular flexibility index (Phi) is 5.62. The number of aromatic amines is 1. The van der Waals surface area contributed by atoms with E-state index in [1.54, 1.807) is 30.6 Å². The number of rotatable bonds is 7. The number of azo groups is 1. The molecule has 0 aliphatic carbocycles. The van der Waals surface area contributed by atoms with Crippen LogP contribution in [0.3, 0.4) is 0 Å². The van der Waals surface area contributed by atoms with Gasteiger partial charge in [0.2, 0.25) is 15.9 Å². The number of nitro benzene ring substituents is 1. The van der Waals surface area contributed by atoms with Crippen molar-refractivity contribution in [2.45, 2.75) is 11.4 Å². The Bertz CT molecular complexity index is 1430. The van der Waals surface area contributed by atoms with Crippen LogP contribution in [0.4, 0.5) is 17.1 Å². The second-order valence-corrected chi connectivity index (χ2v) is 8.42. The van der Waals surface area contributed by atoms with E-state index in [2.05, 4.69) is 24.9 Å². The number of hydrogen-bond donors (Lipinski definition) is 3. The van der Waals surface area contributed by atoms with Crippen LogP contribution in [0.15, 0.2) is 82.1 Å². The van der Waals surface area contributed by atoms with Crippen LogP contribution in [0.1, 0.15) is 5.56 Å². The number of para-hydroxylation sites is 1. The second kappa shape index (κ2) is 8.53. The highest BCUT2D eigenvalue weighted by atomic mass is 32.2. The number of pyridine rings is 1. The number of sulfonamides is 1. The third kappa shape index (κ3) is 4.31. The van der Waals surface area contributed by atoms with E-state index in [0.29, 0.717) is 5.52 Å². The van der Waals surface area contributed by atoms with Crippen molar-refractivity contribution in [3.05, 3.63) is 82.7 Å². The van der Waals surface area contributed by atoms with Gasteiger partial charge in [0.05, 0.1) is 15.3 Å². The molecule has 2 aromatic carbocycles. The zero-order valence-corrected chi connectivity index (χ0v) is 17.2. The zero-order chi connectivity index (χ0) is 22.7. The van der Waals surface area contributed by atoms with Crippen molar-refractivity contribution in [1.82, 2.24) is 14.7 Å². The molecule has 32 heavy (non-hydrogen) atoms. The van der Waals surface area contributed by atoms with E-state index in [-0.39, 0.29) is 39.8 Å². The van der Waals surface area contributed by atoms with E-state index in [1.807, 2.05) is 0 Å². The fourth-order valence-electron chi connectivity index (χ4n) is 2.98. The number of H-pyrrole nitrogens is 1. The Morgan fingerprint density at radius 1 is 1.09 bits per heavy atom. The van der Waals surface area contributed by atoms with Crippen molar-refractivity contribution in [3.63, 3.8) is 0 Å². The van der Waals surface area contributed by atoms with Gasteiger partial charge in [-0.05, 0) is 42.0 Å². The Hall–Kier alpha value is -4.16. The molecule has 2 aromatic heterocycles. The highest BCUT2D eigenvalue weighted by Crippen LogP contribution is 2.38. The highest BCUT2D eigenvalue weighted by molar-refractivity contribution is 7.89. The molecule has 0 unspecified atom stereocenters.